The summed E-state index contributed by atoms with van der Waals surface area (Å²) < 4.78 is 7.61. The lowest BCUT2D eigenvalue weighted by atomic mass is 9.77. The standard InChI is InChI=1S/C25H28N6OS/c1-17-26-16-31(29-17)20-11-10-19(15-21(20)32-2)27-24-28-23-22(33-24)9-6-12-25(23,30-13-14-30)18-7-4-3-5-8-18/h3-5,7-8,15-16,20H,6,9-14H2,1-2H3. The number of aromatic nitrogens is 4. The van der Waals surface area contributed by atoms with Crippen molar-refractivity contribution >= 4 is 22.2 Å². The first-order chi connectivity index (χ1) is 16.2. The molecule has 2 unspecified atom stereocenters. The zero-order valence-electron chi connectivity index (χ0n) is 19.1. The number of aryl methyl sites for hydroxylation is 2. The van der Waals surface area contributed by atoms with Crippen molar-refractivity contribution in [2.45, 2.75) is 50.6 Å². The molecule has 2 aromatic heterocycles. The number of rotatable bonds is 5. The van der Waals surface area contributed by atoms with E-state index in [4.69, 9.17) is 14.7 Å². The Labute approximate surface area is 197 Å². The van der Waals surface area contributed by atoms with E-state index in [9.17, 15) is 0 Å². The number of allylic oxidation sites excluding steroid dienone is 2. The zero-order valence-corrected chi connectivity index (χ0v) is 19.9. The highest BCUT2D eigenvalue weighted by atomic mass is 32.1. The van der Waals surface area contributed by atoms with Crippen LogP contribution in [0, 0.1) is 6.92 Å². The van der Waals surface area contributed by atoms with Crippen molar-refractivity contribution in [3.05, 3.63) is 70.5 Å². The zero-order chi connectivity index (χ0) is 22.4. The van der Waals surface area contributed by atoms with Crippen LogP contribution < -0.4 is 0 Å². The molecule has 1 saturated heterocycles. The molecule has 1 fully saturated rings. The molecule has 0 bridgehead atoms. The van der Waals surface area contributed by atoms with Crippen LogP contribution >= 0.6 is 11.3 Å². The molecule has 7 nitrogen and oxygen atoms in total. The molecule has 2 aliphatic carbocycles. The molecule has 0 amide bonds. The third-order valence-corrected chi connectivity index (χ3v) is 8.00. The van der Waals surface area contributed by atoms with E-state index in [-0.39, 0.29) is 11.6 Å². The summed E-state index contributed by atoms with van der Waals surface area (Å²) >= 11 is 1.76. The second kappa shape index (κ2) is 8.18. The van der Waals surface area contributed by atoms with E-state index in [2.05, 4.69) is 51.4 Å². The largest absolute Gasteiger partial charge is 0.499 e. The Hall–Kier alpha value is -2.84. The van der Waals surface area contributed by atoms with E-state index in [0.717, 1.165) is 61.2 Å². The van der Waals surface area contributed by atoms with Gasteiger partial charge in [-0.1, -0.05) is 41.7 Å². The lowest BCUT2D eigenvalue weighted by Crippen LogP contribution is -2.39. The van der Waals surface area contributed by atoms with Crippen LogP contribution in [-0.4, -0.2) is 50.6 Å². The van der Waals surface area contributed by atoms with Gasteiger partial charge in [-0.3, -0.25) is 4.90 Å². The number of hydrogen-bond donors (Lipinski definition) is 0. The first-order valence-electron chi connectivity index (χ1n) is 11.7. The van der Waals surface area contributed by atoms with Crippen LogP contribution in [0.15, 0.2) is 53.5 Å². The van der Waals surface area contributed by atoms with Crippen LogP contribution in [0.3, 0.4) is 0 Å². The van der Waals surface area contributed by atoms with Crippen molar-refractivity contribution in [2.24, 2.45) is 4.99 Å². The summed E-state index contributed by atoms with van der Waals surface area (Å²) in [4.78, 5) is 18.4. The second-order valence-electron chi connectivity index (χ2n) is 9.02. The predicted octanol–water partition coefficient (Wildman–Crippen LogP) is 4.58. The van der Waals surface area contributed by atoms with Gasteiger partial charge in [0.2, 0.25) is 5.13 Å². The van der Waals surface area contributed by atoms with E-state index in [1.165, 1.54) is 22.6 Å². The summed E-state index contributed by atoms with van der Waals surface area (Å²) in [6.07, 6.45) is 8.97. The molecule has 1 aliphatic heterocycles. The monoisotopic (exact) mass is 460 g/mol. The highest BCUT2D eigenvalue weighted by Gasteiger charge is 2.49. The van der Waals surface area contributed by atoms with Gasteiger partial charge in [0.1, 0.15) is 24.0 Å². The number of nitrogens with zero attached hydrogens (tertiary/aromatic N) is 6. The Kier molecular flexibility index (Phi) is 5.14. The summed E-state index contributed by atoms with van der Waals surface area (Å²) in [5.41, 5.74) is 3.51. The van der Waals surface area contributed by atoms with Crippen LogP contribution in [0.1, 0.15) is 53.7 Å². The van der Waals surface area contributed by atoms with E-state index in [0.29, 0.717) is 0 Å². The summed E-state index contributed by atoms with van der Waals surface area (Å²) in [5.74, 6) is 1.64. The van der Waals surface area contributed by atoms with Gasteiger partial charge in [-0.05, 0) is 50.7 Å². The van der Waals surface area contributed by atoms with Crippen LogP contribution in [0.5, 0.6) is 0 Å². The molecule has 3 aliphatic rings. The highest BCUT2D eigenvalue weighted by Crippen LogP contribution is 2.50. The molecular formula is C25H28N6OS. The Balaban J connectivity index is 1.35. The molecule has 1 aromatic carbocycles. The molecule has 33 heavy (non-hydrogen) atoms. The maximum atomic E-state index is 5.72. The number of fused-ring (bicyclic) bond motifs is 1. The van der Waals surface area contributed by atoms with Crippen molar-refractivity contribution in [1.82, 2.24) is 24.6 Å². The maximum Gasteiger partial charge on any atom is 0.209 e. The summed E-state index contributed by atoms with van der Waals surface area (Å²) in [7, 11) is 1.71. The van der Waals surface area contributed by atoms with Crippen LogP contribution in [0.4, 0.5) is 5.13 Å². The minimum absolute atomic E-state index is 0.0630. The van der Waals surface area contributed by atoms with Crippen molar-refractivity contribution in [1.29, 1.82) is 0 Å². The third kappa shape index (κ3) is 3.61. The fourth-order valence-corrected chi connectivity index (χ4v) is 6.44. The normalized spacial score (nSPS) is 26.2. The summed E-state index contributed by atoms with van der Waals surface area (Å²) in [6, 6.07) is 11.0. The molecule has 0 radical (unpaired) electrons. The minimum atomic E-state index is -0.0973. The average molecular weight is 461 g/mol. The van der Waals surface area contributed by atoms with Gasteiger partial charge in [-0.25, -0.2) is 19.6 Å². The van der Waals surface area contributed by atoms with Gasteiger partial charge < -0.3 is 4.74 Å². The van der Waals surface area contributed by atoms with Gasteiger partial charge in [0.25, 0.3) is 0 Å². The van der Waals surface area contributed by atoms with Gasteiger partial charge in [0.15, 0.2) is 0 Å². The number of ether oxygens (including phenoxy) is 1. The Morgan fingerprint density at radius 3 is 2.76 bits per heavy atom. The van der Waals surface area contributed by atoms with Gasteiger partial charge in [0, 0.05) is 23.7 Å². The molecule has 8 heteroatoms. The molecule has 0 saturated carbocycles. The minimum Gasteiger partial charge on any atom is -0.499 e. The van der Waals surface area contributed by atoms with E-state index in [1.807, 2.05) is 11.6 Å². The van der Waals surface area contributed by atoms with Crippen molar-refractivity contribution < 1.29 is 4.74 Å². The average Bonchev–Trinajstić information content (AvgIpc) is 3.48. The number of benzene rings is 1. The number of hydrogen-bond acceptors (Lipinski definition) is 7. The number of methoxy groups -OCH3 is 1. The smallest absolute Gasteiger partial charge is 0.209 e. The molecule has 0 spiro atoms. The quantitative estimate of drug-likeness (QED) is 0.522. The fourth-order valence-electron chi connectivity index (χ4n) is 5.36. The Morgan fingerprint density at radius 1 is 1.18 bits per heavy atom. The first kappa shape index (κ1) is 20.7. The maximum absolute atomic E-state index is 5.72. The lowest BCUT2D eigenvalue weighted by Gasteiger charge is -2.38. The van der Waals surface area contributed by atoms with Crippen molar-refractivity contribution in [2.75, 3.05) is 20.2 Å². The predicted molar refractivity (Wildman–Crippen MR) is 129 cm³/mol. The number of thiazole rings is 1. The Morgan fingerprint density at radius 2 is 2.03 bits per heavy atom. The lowest BCUT2D eigenvalue weighted by molar-refractivity contribution is 0.227. The Bertz CT molecular complexity index is 1220. The molecule has 170 valence electrons. The summed E-state index contributed by atoms with van der Waals surface area (Å²) in [6.45, 7) is 4.18. The van der Waals surface area contributed by atoms with Crippen LogP contribution in [0.25, 0.3) is 0 Å². The second-order valence-corrected chi connectivity index (χ2v) is 10.1. The fraction of sp³-hybridized carbons (Fsp3) is 0.440. The van der Waals surface area contributed by atoms with Crippen molar-refractivity contribution in [3.63, 3.8) is 0 Å². The molecule has 0 N–H and O–H groups in total. The van der Waals surface area contributed by atoms with E-state index in [1.54, 1.807) is 24.8 Å². The van der Waals surface area contributed by atoms with E-state index < -0.39 is 0 Å². The third-order valence-electron chi connectivity index (χ3n) is 6.99. The SMILES string of the molecule is COC1=CC(=Nc2nc3c(s2)CCCC3(c2ccccc2)N2CC2)CCC1n1cnc(C)n1. The van der Waals surface area contributed by atoms with Crippen molar-refractivity contribution in [3.8, 4) is 0 Å². The van der Waals surface area contributed by atoms with Gasteiger partial charge in [-0.15, -0.1) is 0 Å². The highest BCUT2D eigenvalue weighted by molar-refractivity contribution is 7.15. The topological polar surface area (TPSA) is 68.2 Å². The molecular weight excluding hydrogens is 432 g/mol. The molecule has 6 rings (SSSR count). The van der Waals surface area contributed by atoms with Gasteiger partial charge >= 0.3 is 0 Å². The van der Waals surface area contributed by atoms with Gasteiger partial charge in [0.05, 0.1) is 18.3 Å². The van der Waals surface area contributed by atoms with E-state index >= 15 is 0 Å². The van der Waals surface area contributed by atoms with Crippen LogP contribution in [0.2, 0.25) is 0 Å². The van der Waals surface area contributed by atoms with Crippen LogP contribution in [-0.2, 0) is 16.7 Å². The molecule has 3 heterocycles. The first-order valence-corrected chi connectivity index (χ1v) is 12.5. The molecule has 3 aromatic rings. The van der Waals surface area contributed by atoms with Gasteiger partial charge in [-0.2, -0.15) is 5.10 Å². The molecule has 2 atom stereocenters. The summed E-state index contributed by atoms with van der Waals surface area (Å²) in [5, 5.41) is 5.34. The number of aliphatic imine (C=N–C) groups is 1.